The third-order valence-electron chi connectivity index (χ3n) is 2.05. The molecule has 1 N–H and O–H groups in total. The molecule has 0 bridgehead atoms. The molecule has 0 unspecified atom stereocenters. The summed E-state index contributed by atoms with van der Waals surface area (Å²) in [5, 5.41) is 0. The van der Waals surface area contributed by atoms with Crippen LogP contribution in [0.4, 0.5) is 0 Å². The Kier molecular flexibility index (Phi) is 3.51. The molecule has 1 aliphatic rings. The predicted octanol–water partition coefficient (Wildman–Crippen LogP) is 1.74. The van der Waals surface area contributed by atoms with Crippen molar-refractivity contribution in [3.05, 3.63) is 0 Å². The third kappa shape index (κ3) is 3.84. The molecule has 1 aliphatic heterocycles. The Morgan fingerprint density at radius 1 is 1.25 bits per heavy atom. The summed E-state index contributed by atoms with van der Waals surface area (Å²) in [4.78, 5) is 11.8. The van der Waals surface area contributed by atoms with Gasteiger partial charge in [-0.05, 0) is 5.41 Å². The summed E-state index contributed by atoms with van der Waals surface area (Å²) in [6, 6.07) is 0. The molecule has 1 rings (SSSR count). The highest BCUT2D eigenvalue weighted by molar-refractivity contribution is 7.51. The molecule has 2 nitrogen and oxygen atoms in total. The summed E-state index contributed by atoms with van der Waals surface area (Å²) in [7, 11) is -0.602. The van der Waals surface area contributed by atoms with Gasteiger partial charge in [-0.2, -0.15) is 0 Å². The van der Waals surface area contributed by atoms with E-state index < -0.39 is 8.15 Å². The Morgan fingerprint density at radius 2 is 1.75 bits per heavy atom. The molecule has 1 fully saturated rings. The van der Waals surface area contributed by atoms with Gasteiger partial charge < -0.3 is 9.79 Å². The average Bonchev–Trinajstić information content (AvgIpc) is 1.91. The first kappa shape index (κ1) is 10.4. The second-order valence-electron chi connectivity index (χ2n) is 4.79. The van der Waals surface area contributed by atoms with Gasteiger partial charge in [0.2, 0.25) is 0 Å². The molecule has 1 heterocycles. The molecule has 0 aromatic carbocycles. The van der Waals surface area contributed by atoms with Crippen molar-refractivity contribution in [3.63, 3.8) is 0 Å². The SMILES string of the molecule is CC(C)(C)CN1CCP(O)CC1. The minimum absolute atomic E-state index is 0.398. The molecule has 1 saturated heterocycles. The highest BCUT2D eigenvalue weighted by atomic mass is 31.1. The molecule has 72 valence electrons. The number of hydrogen-bond acceptors (Lipinski definition) is 2. The number of rotatable bonds is 1. The minimum Gasteiger partial charge on any atom is -0.374 e. The molecular weight excluding hydrogens is 169 g/mol. The van der Waals surface area contributed by atoms with Crippen molar-refractivity contribution >= 4 is 8.15 Å². The van der Waals surface area contributed by atoms with Gasteiger partial charge in [0.25, 0.3) is 0 Å². The second kappa shape index (κ2) is 4.04. The Hall–Kier alpha value is 0.350. The lowest BCUT2D eigenvalue weighted by Crippen LogP contribution is -2.39. The van der Waals surface area contributed by atoms with Crippen molar-refractivity contribution in [2.75, 3.05) is 32.0 Å². The Morgan fingerprint density at radius 3 is 2.17 bits per heavy atom. The monoisotopic (exact) mass is 189 g/mol. The normalized spacial score (nSPS) is 23.0. The van der Waals surface area contributed by atoms with Crippen LogP contribution in [0, 0.1) is 5.41 Å². The van der Waals surface area contributed by atoms with Crippen molar-refractivity contribution in [3.8, 4) is 0 Å². The first-order valence-corrected chi connectivity index (χ1v) is 6.30. The van der Waals surface area contributed by atoms with E-state index in [0.29, 0.717) is 5.41 Å². The fourth-order valence-corrected chi connectivity index (χ4v) is 2.82. The van der Waals surface area contributed by atoms with Crippen molar-refractivity contribution < 1.29 is 4.89 Å². The molecule has 0 spiro atoms. The lowest BCUT2D eigenvalue weighted by molar-refractivity contribution is 0.203. The Bertz CT molecular complexity index is 136. The second-order valence-corrected chi connectivity index (χ2v) is 6.70. The first-order chi connectivity index (χ1) is 5.47. The van der Waals surface area contributed by atoms with Crippen LogP contribution in [0.3, 0.4) is 0 Å². The van der Waals surface area contributed by atoms with Gasteiger partial charge in [-0.3, -0.25) is 0 Å². The average molecular weight is 189 g/mol. The van der Waals surface area contributed by atoms with Crippen molar-refractivity contribution in [2.45, 2.75) is 20.8 Å². The fraction of sp³-hybridized carbons (Fsp3) is 1.00. The molecule has 3 heteroatoms. The van der Waals surface area contributed by atoms with Crippen LogP contribution in [-0.4, -0.2) is 41.8 Å². The largest absolute Gasteiger partial charge is 0.374 e. The first-order valence-electron chi connectivity index (χ1n) is 4.63. The summed E-state index contributed by atoms with van der Waals surface area (Å²) in [6.07, 6.45) is 2.04. The summed E-state index contributed by atoms with van der Waals surface area (Å²) < 4.78 is 0. The zero-order chi connectivity index (χ0) is 9.19. The van der Waals surface area contributed by atoms with Gasteiger partial charge in [0, 0.05) is 40.1 Å². The van der Waals surface area contributed by atoms with E-state index in [2.05, 4.69) is 25.7 Å². The third-order valence-corrected chi connectivity index (χ3v) is 3.48. The van der Waals surface area contributed by atoms with Gasteiger partial charge in [-0.1, -0.05) is 20.8 Å². The van der Waals surface area contributed by atoms with E-state index in [0.717, 1.165) is 32.0 Å². The van der Waals surface area contributed by atoms with E-state index in [1.807, 2.05) is 0 Å². The van der Waals surface area contributed by atoms with Gasteiger partial charge >= 0.3 is 0 Å². The van der Waals surface area contributed by atoms with Crippen molar-refractivity contribution in [1.29, 1.82) is 0 Å². The Labute approximate surface area is 76.8 Å². The maximum atomic E-state index is 9.36. The van der Waals surface area contributed by atoms with Crippen molar-refractivity contribution in [2.24, 2.45) is 5.41 Å². The summed E-state index contributed by atoms with van der Waals surface area (Å²) >= 11 is 0. The van der Waals surface area contributed by atoms with E-state index in [9.17, 15) is 4.89 Å². The molecule has 0 aromatic heterocycles. The number of hydrogen-bond donors (Lipinski definition) is 1. The number of nitrogens with zero attached hydrogens (tertiary/aromatic N) is 1. The van der Waals surface area contributed by atoms with E-state index in [4.69, 9.17) is 0 Å². The lowest BCUT2D eigenvalue weighted by Gasteiger charge is -2.34. The van der Waals surface area contributed by atoms with Gasteiger partial charge in [0.15, 0.2) is 0 Å². The van der Waals surface area contributed by atoms with E-state index in [-0.39, 0.29) is 0 Å². The molecule has 0 aliphatic carbocycles. The molecule has 0 radical (unpaired) electrons. The van der Waals surface area contributed by atoms with Gasteiger partial charge in [-0.25, -0.2) is 0 Å². The molecule has 0 amide bonds. The smallest absolute Gasteiger partial charge is 0.0277 e. The maximum Gasteiger partial charge on any atom is 0.0277 e. The minimum atomic E-state index is -0.602. The molecule has 0 saturated carbocycles. The van der Waals surface area contributed by atoms with Crippen LogP contribution in [0.1, 0.15) is 20.8 Å². The fourth-order valence-electron chi connectivity index (χ4n) is 1.57. The quantitative estimate of drug-likeness (QED) is 0.635. The molecule has 0 aromatic rings. The van der Waals surface area contributed by atoms with E-state index in [1.54, 1.807) is 0 Å². The topological polar surface area (TPSA) is 23.5 Å². The standard InChI is InChI=1S/C9H20NOP/c1-9(2,3)8-10-4-6-12(11)7-5-10/h11H,4-8H2,1-3H3. The highest BCUT2D eigenvalue weighted by Gasteiger charge is 2.21. The van der Waals surface area contributed by atoms with Crippen molar-refractivity contribution in [1.82, 2.24) is 4.90 Å². The summed E-state index contributed by atoms with van der Waals surface area (Å²) in [6.45, 7) is 10.2. The van der Waals surface area contributed by atoms with Crippen LogP contribution in [0.25, 0.3) is 0 Å². The van der Waals surface area contributed by atoms with Crippen LogP contribution >= 0.6 is 8.15 Å². The highest BCUT2D eigenvalue weighted by Crippen LogP contribution is 2.33. The van der Waals surface area contributed by atoms with Crippen LogP contribution < -0.4 is 0 Å². The van der Waals surface area contributed by atoms with E-state index >= 15 is 0 Å². The van der Waals surface area contributed by atoms with E-state index in [1.165, 1.54) is 0 Å². The predicted molar refractivity (Wildman–Crippen MR) is 54.8 cm³/mol. The van der Waals surface area contributed by atoms with Gasteiger partial charge in [-0.15, -0.1) is 0 Å². The molecular formula is C9H20NOP. The lowest BCUT2D eigenvalue weighted by atomic mass is 9.96. The molecule has 0 atom stereocenters. The molecule has 12 heavy (non-hydrogen) atoms. The van der Waals surface area contributed by atoms with Crippen LogP contribution in [0.5, 0.6) is 0 Å². The van der Waals surface area contributed by atoms with Crippen LogP contribution in [-0.2, 0) is 0 Å². The zero-order valence-corrected chi connectivity index (χ0v) is 9.27. The summed E-state index contributed by atoms with van der Waals surface area (Å²) in [5.74, 6) is 0. The van der Waals surface area contributed by atoms with Gasteiger partial charge in [0.1, 0.15) is 0 Å². The van der Waals surface area contributed by atoms with Gasteiger partial charge in [0.05, 0.1) is 0 Å². The Balaban J connectivity index is 2.26. The maximum absolute atomic E-state index is 9.36. The summed E-state index contributed by atoms with van der Waals surface area (Å²) in [5.41, 5.74) is 0.398. The van der Waals surface area contributed by atoms with Crippen LogP contribution in [0.2, 0.25) is 0 Å². The van der Waals surface area contributed by atoms with Crippen LogP contribution in [0.15, 0.2) is 0 Å². The zero-order valence-electron chi connectivity index (χ0n) is 8.38.